The van der Waals surface area contributed by atoms with Crippen LogP contribution >= 0.6 is 23.4 Å². The summed E-state index contributed by atoms with van der Waals surface area (Å²) in [6.45, 7) is 0.141. The van der Waals surface area contributed by atoms with Crippen LogP contribution in [-0.4, -0.2) is 26.4 Å². The number of nitrogens with two attached hydrogens (primary N) is 1. The summed E-state index contributed by atoms with van der Waals surface area (Å²) in [7, 11) is 1.75. The second-order valence-electron chi connectivity index (χ2n) is 4.08. The lowest BCUT2D eigenvalue weighted by Gasteiger charge is -2.07. The summed E-state index contributed by atoms with van der Waals surface area (Å²) in [6.07, 6.45) is 0. The third-order valence-electron chi connectivity index (χ3n) is 2.53. The predicted octanol–water partition coefficient (Wildman–Crippen LogP) is 1.76. The highest BCUT2D eigenvalue weighted by molar-refractivity contribution is 7.99. The molecule has 9 heteroatoms. The van der Waals surface area contributed by atoms with Gasteiger partial charge in [-0.15, -0.1) is 10.2 Å². The van der Waals surface area contributed by atoms with Crippen molar-refractivity contribution in [1.29, 1.82) is 0 Å². The summed E-state index contributed by atoms with van der Waals surface area (Å²) in [6, 6.07) is 4.08. The lowest BCUT2D eigenvalue weighted by molar-refractivity contribution is -0.115. The monoisotopic (exact) mass is 330 g/mol. The average Bonchev–Trinajstić information content (AvgIpc) is 2.78. The molecule has 21 heavy (non-hydrogen) atoms. The maximum atomic E-state index is 13.0. The number of rotatable bonds is 6. The number of thioether (sulfide) groups is 1. The molecule has 112 valence electrons. The first-order valence-electron chi connectivity index (χ1n) is 5.84. The van der Waals surface area contributed by atoms with Crippen LogP contribution in [0.4, 0.5) is 4.39 Å². The first-order valence-corrected chi connectivity index (χ1v) is 7.21. The van der Waals surface area contributed by atoms with Gasteiger partial charge in [0.1, 0.15) is 18.2 Å². The number of nitrogens with zero attached hydrogens (tertiary/aromatic N) is 3. The Kier molecular flexibility index (Phi) is 5.03. The maximum Gasteiger partial charge on any atom is 0.227 e. The highest BCUT2D eigenvalue weighted by Gasteiger charge is 2.11. The molecule has 0 aliphatic carbocycles. The minimum absolute atomic E-state index is 0.0110. The van der Waals surface area contributed by atoms with Gasteiger partial charge in [-0.3, -0.25) is 4.79 Å². The predicted molar refractivity (Wildman–Crippen MR) is 76.7 cm³/mol. The van der Waals surface area contributed by atoms with Crippen LogP contribution in [0.1, 0.15) is 5.82 Å². The van der Waals surface area contributed by atoms with Gasteiger partial charge in [-0.05, 0) is 12.1 Å². The van der Waals surface area contributed by atoms with Crippen molar-refractivity contribution < 1.29 is 13.9 Å². The van der Waals surface area contributed by atoms with Gasteiger partial charge in [0.2, 0.25) is 5.91 Å². The molecule has 1 amide bonds. The van der Waals surface area contributed by atoms with E-state index in [2.05, 4.69) is 10.2 Å². The van der Waals surface area contributed by atoms with Gasteiger partial charge in [0.05, 0.1) is 10.8 Å². The minimum Gasteiger partial charge on any atom is -0.486 e. The largest absolute Gasteiger partial charge is 0.486 e. The van der Waals surface area contributed by atoms with Gasteiger partial charge in [-0.1, -0.05) is 23.4 Å². The molecule has 0 spiro atoms. The molecule has 0 unspecified atom stereocenters. The lowest BCUT2D eigenvalue weighted by atomic mass is 10.3. The zero-order valence-corrected chi connectivity index (χ0v) is 12.6. The van der Waals surface area contributed by atoms with Crippen molar-refractivity contribution in [3.63, 3.8) is 0 Å². The van der Waals surface area contributed by atoms with E-state index in [4.69, 9.17) is 22.1 Å². The second-order valence-corrected chi connectivity index (χ2v) is 5.43. The Bertz CT molecular complexity index is 665. The number of aromatic nitrogens is 3. The summed E-state index contributed by atoms with van der Waals surface area (Å²) < 4.78 is 20.2. The highest BCUT2D eigenvalue weighted by Crippen LogP contribution is 2.22. The number of carbonyl (C=O) groups excluding carboxylic acids is 1. The lowest BCUT2D eigenvalue weighted by Crippen LogP contribution is -2.13. The van der Waals surface area contributed by atoms with Crippen LogP contribution in [0.3, 0.4) is 0 Å². The van der Waals surface area contributed by atoms with Crippen molar-refractivity contribution >= 4 is 29.3 Å². The smallest absolute Gasteiger partial charge is 0.227 e. The molecule has 0 radical (unpaired) electrons. The molecule has 0 bridgehead atoms. The Morgan fingerprint density at radius 3 is 2.95 bits per heavy atom. The number of carbonyl (C=O) groups is 1. The highest BCUT2D eigenvalue weighted by atomic mass is 35.5. The van der Waals surface area contributed by atoms with E-state index in [1.807, 2.05) is 0 Å². The van der Waals surface area contributed by atoms with Crippen molar-refractivity contribution in [3.8, 4) is 5.75 Å². The molecule has 6 nitrogen and oxygen atoms in total. The van der Waals surface area contributed by atoms with E-state index < -0.39 is 11.7 Å². The molecule has 0 aliphatic heterocycles. The molecule has 0 aliphatic rings. The van der Waals surface area contributed by atoms with Crippen LogP contribution in [0.25, 0.3) is 0 Å². The van der Waals surface area contributed by atoms with E-state index >= 15 is 0 Å². The van der Waals surface area contributed by atoms with E-state index in [9.17, 15) is 9.18 Å². The normalized spacial score (nSPS) is 10.6. The molecular formula is C12H12ClFN4O2S. The standard InChI is InChI=1S/C12H12ClFN4O2S/c1-18-11(16-17-12(18)21-6-10(15)19)5-20-7-2-3-9(14)8(13)4-7/h2-4H,5-6H2,1H3,(H2,15,19). The van der Waals surface area contributed by atoms with Crippen LogP contribution in [0.15, 0.2) is 23.4 Å². The fourth-order valence-corrected chi connectivity index (χ4v) is 2.29. The summed E-state index contributed by atoms with van der Waals surface area (Å²) in [5.41, 5.74) is 5.07. The molecule has 0 atom stereocenters. The second kappa shape index (κ2) is 6.77. The molecule has 1 heterocycles. The topological polar surface area (TPSA) is 83.0 Å². The Morgan fingerprint density at radius 2 is 2.29 bits per heavy atom. The Labute approximate surface area is 129 Å². The van der Waals surface area contributed by atoms with Crippen LogP contribution in [0.5, 0.6) is 5.75 Å². The van der Waals surface area contributed by atoms with Crippen molar-refractivity contribution in [2.45, 2.75) is 11.8 Å². The number of ether oxygens (including phenoxy) is 1. The first kappa shape index (κ1) is 15.6. The van der Waals surface area contributed by atoms with Gasteiger partial charge in [-0.2, -0.15) is 0 Å². The van der Waals surface area contributed by atoms with E-state index in [1.54, 1.807) is 11.6 Å². The van der Waals surface area contributed by atoms with Crippen LogP contribution < -0.4 is 10.5 Å². The number of benzene rings is 1. The third kappa shape index (κ3) is 4.08. The molecule has 1 aromatic heterocycles. The zero-order valence-electron chi connectivity index (χ0n) is 11.0. The van der Waals surface area contributed by atoms with Crippen molar-refractivity contribution in [1.82, 2.24) is 14.8 Å². The molecule has 1 aromatic carbocycles. The fourth-order valence-electron chi connectivity index (χ4n) is 1.45. The molecule has 2 aromatic rings. The molecule has 2 N–H and O–H groups in total. The van der Waals surface area contributed by atoms with Crippen molar-refractivity contribution in [3.05, 3.63) is 34.9 Å². The minimum atomic E-state index is -0.507. The maximum absolute atomic E-state index is 13.0. The van der Waals surface area contributed by atoms with Crippen LogP contribution in [0.2, 0.25) is 5.02 Å². The van der Waals surface area contributed by atoms with Gasteiger partial charge in [0, 0.05) is 13.1 Å². The molecular weight excluding hydrogens is 319 g/mol. The number of primary amides is 1. The number of hydrogen-bond acceptors (Lipinski definition) is 5. The quantitative estimate of drug-likeness (QED) is 0.816. The average molecular weight is 331 g/mol. The van der Waals surface area contributed by atoms with Crippen molar-refractivity contribution in [2.24, 2.45) is 12.8 Å². The van der Waals surface area contributed by atoms with Gasteiger partial charge < -0.3 is 15.0 Å². The fraction of sp³-hybridized carbons (Fsp3) is 0.250. The zero-order chi connectivity index (χ0) is 15.4. The van der Waals surface area contributed by atoms with Crippen molar-refractivity contribution in [2.75, 3.05) is 5.75 Å². The van der Waals surface area contributed by atoms with Gasteiger partial charge >= 0.3 is 0 Å². The number of amides is 1. The van der Waals surface area contributed by atoms with E-state index in [-0.39, 0.29) is 17.4 Å². The Morgan fingerprint density at radius 1 is 1.52 bits per heavy atom. The van der Waals surface area contributed by atoms with Gasteiger partial charge in [0.25, 0.3) is 0 Å². The Balaban J connectivity index is 2.00. The van der Waals surface area contributed by atoms with Gasteiger partial charge in [-0.25, -0.2) is 4.39 Å². The summed E-state index contributed by atoms with van der Waals surface area (Å²) in [5.74, 6) is 0.174. The number of halogens is 2. The molecule has 0 fully saturated rings. The van der Waals surface area contributed by atoms with E-state index in [1.165, 1.54) is 30.0 Å². The molecule has 0 saturated carbocycles. The van der Waals surface area contributed by atoms with Crippen LogP contribution in [-0.2, 0) is 18.4 Å². The van der Waals surface area contributed by atoms with Crippen LogP contribution in [0, 0.1) is 5.82 Å². The van der Waals surface area contributed by atoms with E-state index in [0.717, 1.165) is 0 Å². The van der Waals surface area contributed by atoms with E-state index in [0.29, 0.717) is 16.7 Å². The number of hydrogen-bond donors (Lipinski definition) is 1. The molecule has 2 rings (SSSR count). The van der Waals surface area contributed by atoms with Gasteiger partial charge in [0.15, 0.2) is 11.0 Å². The summed E-state index contributed by atoms with van der Waals surface area (Å²) in [5, 5.41) is 8.44. The SMILES string of the molecule is Cn1c(COc2ccc(F)c(Cl)c2)nnc1SCC(N)=O. The summed E-state index contributed by atoms with van der Waals surface area (Å²) >= 11 is 6.86. The summed E-state index contributed by atoms with van der Waals surface area (Å²) in [4.78, 5) is 10.7. The molecule has 0 saturated heterocycles. The third-order valence-corrected chi connectivity index (χ3v) is 3.86. The first-order chi connectivity index (χ1) is 9.97. The Hall–Kier alpha value is -1.80.